The zero-order valence-electron chi connectivity index (χ0n) is 13.4. The summed E-state index contributed by atoms with van der Waals surface area (Å²) in [6, 6.07) is 14.2. The number of hydrogen-bond acceptors (Lipinski definition) is 2. The number of benzene rings is 2. The normalized spacial score (nSPS) is 12.3. The number of alkyl halides is 3. The SMILES string of the molecule is CCCc1ccc(C=NN=Cc2ccc(CC(F)(F)F)cc2)cc1. The first-order valence-electron chi connectivity index (χ1n) is 7.77. The quantitative estimate of drug-likeness (QED) is 0.513. The highest BCUT2D eigenvalue weighted by atomic mass is 19.4. The van der Waals surface area contributed by atoms with Crippen molar-refractivity contribution in [3.63, 3.8) is 0 Å². The van der Waals surface area contributed by atoms with Gasteiger partial charge in [0.25, 0.3) is 0 Å². The molecule has 0 bridgehead atoms. The summed E-state index contributed by atoms with van der Waals surface area (Å²) < 4.78 is 36.8. The fourth-order valence-corrected chi connectivity index (χ4v) is 2.21. The van der Waals surface area contributed by atoms with Crippen molar-refractivity contribution < 1.29 is 13.2 Å². The first-order chi connectivity index (χ1) is 11.5. The molecule has 0 atom stereocenters. The van der Waals surface area contributed by atoms with Gasteiger partial charge >= 0.3 is 6.18 Å². The molecule has 2 aromatic carbocycles. The Bertz CT molecular complexity index is 684. The van der Waals surface area contributed by atoms with Crippen LogP contribution in [0.25, 0.3) is 0 Å². The Hall–Kier alpha value is -2.43. The fraction of sp³-hybridized carbons (Fsp3) is 0.263. The molecule has 0 aliphatic rings. The molecule has 0 heterocycles. The van der Waals surface area contributed by atoms with Crippen LogP contribution in [0.5, 0.6) is 0 Å². The second kappa shape index (κ2) is 8.43. The zero-order valence-corrected chi connectivity index (χ0v) is 13.4. The summed E-state index contributed by atoms with van der Waals surface area (Å²) in [7, 11) is 0. The lowest BCUT2D eigenvalue weighted by molar-refractivity contribution is -0.127. The van der Waals surface area contributed by atoms with Crippen LogP contribution in [0.2, 0.25) is 0 Å². The van der Waals surface area contributed by atoms with Crippen molar-refractivity contribution >= 4 is 12.4 Å². The second-order valence-electron chi connectivity index (χ2n) is 5.51. The van der Waals surface area contributed by atoms with E-state index in [1.54, 1.807) is 18.3 Å². The van der Waals surface area contributed by atoms with Crippen molar-refractivity contribution in [1.29, 1.82) is 0 Å². The number of aryl methyl sites for hydroxylation is 1. The van der Waals surface area contributed by atoms with E-state index in [1.807, 2.05) is 12.1 Å². The van der Waals surface area contributed by atoms with E-state index in [2.05, 4.69) is 29.3 Å². The Labute approximate surface area is 139 Å². The maximum atomic E-state index is 12.3. The molecule has 2 aromatic rings. The van der Waals surface area contributed by atoms with E-state index in [9.17, 15) is 13.2 Å². The molecular weight excluding hydrogens is 313 g/mol. The molecule has 0 spiro atoms. The molecule has 0 radical (unpaired) electrons. The van der Waals surface area contributed by atoms with E-state index < -0.39 is 12.6 Å². The minimum absolute atomic E-state index is 0.232. The van der Waals surface area contributed by atoms with Crippen LogP contribution in [0.3, 0.4) is 0 Å². The van der Waals surface area contributed by atoms with Crippen LogP contribution in [0, 0.1) is 0 Å². The summed E-state index contributed by atoms with van der Waals surface area (Å²) in [5.41, 5.74) is 3.18. The van der Waals surface area contributed by atoms with Gasteiger partial charge in [0.15, 0.2) is 0 Å². The lowest BCUT2D eigenvalue weighted by Gasteiger charge is -2.05. The molecule has 5 heteroatoms. The topological polar surface area (TPSA) is 24.7 Å². The van der Waals surface area contributed by atoms with Crippen molar-refractivity contribution in [1.82, 2.24) is 0 Å². The second-order valence-corrected chi connectivity index (χ2v) is 5.51. The van der Waals surface area contributed by atoms with Gasteiger partial charge < -0.3 is 0 Å². The molecule has 0 saturated carbocycles. The van der Waals surface area contributed by atoms with Gasteiger partial charge in [-0.15, -0.1) is 0 Å². The van der Waals surface area contributed by atoms with Crippen LogP contribution in [0.4, 0.5) is 13.2 Å². The van der Waals surface area contributed by atoms with Crippen molar-refractivity contribution in [2.24, 2.45) is 10.2 Å². The molecular formula is C19H19F3N2. The summed E-state index contributed by atoms with van der Waals surface area (Å²) in [4.78, 5) is 0. The summed E-state index contributed by atoms with van der Waals surface area (Å²) in [5, 5.41) is 7.88. The maximum Gasteiger partial charge on any atom is 0.393 e. The molecule has 126 valence electrons. The molecule has 0 amide bonds. The van der Waals surface area contributed by atoms with E-state index >= 15 is 0 Å². The third-order valence-electron chi connectivity index (χ3n) is 3.38. The Morgan fingerprint density at radius 2 is 1.25 bits per heavy atom. The average Bonchev–Trinajstić information content (AvgIpc) is 2.53. The molecule has 0 saturated heterocycles. The molecule has 0 unspecified atom stereocenters. The minimum Gasteiger partial charge on any atom is -0.171 e. The lowest BCUT2D eigenvalue weighted by Crippen LogP contribution is -2.11. The van der Waals surface area contributed by atoms with Crippen LogP contribution in [-0.4, -0.2) is 18.6 Å². The van der Waals surface area contributed by atoms with E-state index in [0.29, 0.717) is 5.56 Å². The number of rotatable bonds is 6. The zero-order chi connectivity index (χ0) is 17.4. The van der Waals surface area contributed by atoms with E-state index in [4.69, 9.17) is 0 Å². The Morgan fingerprint density at radius 3 is 1.67 bits per heavy atom. The van der Waals surface area contributed by atoms with Crippen LogP contribution in [0.15, 0.2) is 58.7 Å². The highest BCUT2D eigenvalue weighted by molar-refractivity contribution is 5.82. The standard InChI is InChI=1S/C19H19F3N2/c1-2-3-15-4-8-17(9-5-15)13-23-24-14-18-10-6-16(7-11-18)12-19(20,21)22/h4-11,13-14H,2-3,12H2,1H3. The van der Waals surface area contributed by atoms with Gasteiger partial charge in [0.1, 0.15) is 0 Å². The fourth-order valence-electron chi connectivity index (χ4n) is 2.21. The monoisotopic (exact) mass is 332 g/mol. The Balaban J connectivity index is 1.91. The van der Waals surface area contributed by atoms with Crippen LogP contribution < -0.4 is 0 Å². The predicted octanol–water partition coefficient (Wildman–Crippen LogP) is 5.20. The molecule has 0 fully saturated rings. The number of halogens is 3. The van der Waals surface area contributed by atoms with Crippen molar-refractivity contribution in [2.45, 2.75) is 32.4 Å². The van der Waals surface area contributed by atoms with E-state index in [-0.39, 0.29) is 5.56 Å². The molecule has 24 heavy (non-hydrogen) atoms. The van der Waals surface area contributed by atoms with Crippen LogP contribution in [0.1, 0.15) is 35.6 Å². The van der Waals surface area contributed by atoms with E-state index in [1.165, 1.54) is 23.9 Å². The molecule has 2 rings (SSSR count). The van der Waals surface area contributed by atoms with Gasteiger partial charge in [0.2, 0.25) is 0 Å². The summed E-state index contributed by atoms with van der Waals surface area (Å²) >= 11 is 0. The first kappa shape index (κ1) is 17.9. The Morgan fingerprint density at radius 1 is 0.792 bits per heavy atom. The van der Waals surface area contributed by atoms with Crippen molar-refractivity contribution in [3.05, 3.63) is 70.8 Å². The number of hydrogen-bond donors (Lipinski definition) is 0. The summed E-state index contributed by atoms with van der Waals surface area (Å²) in [6.45, 7) is 2.14. The largest absolute Gasteiger partial charge is 0.393 e. The molecule has 0 aromatic heterocycles. The minimum atomic E-state index is -4.19. The van der Waals surface area contributed by atoms with E-state index in [0.717, 1.165) is 18.4 Å². The van der Waals surface area contributed by atoms with Gasteiger partial charge in [0.05, 0.1) is 18.9 Å². The smallest absolute Gasteiger partial charge is 0.171 e. The number of nitrogens with zero attached hydrogens (tertiary/aromatic N) is 2. The van der Waals surface area contributed by atoms with Gasteiger partial charge in [-0.05, 0) is 28.7 Å². The van der Waals surface area contributed by atoms with Crippen LogP contribution >= 0.6 is 0 Å². The first-order valence-corrected chi connectivity index (χ1v) is 7.77. The average molecular weight is 332 g/mol. The Kier molecular flexibility index (Phi) is 6.29. The molecule has 0 aliphatic heterocycles. The van der Waals surface area contributed by atoms with Crippen molar-refractivity contribution in [2.75, 3.05) is 0 Å². The third-order valence-corrected chi connectivity index (χ3v) is 3.38. The highest BCUT2D eigenvalue weighted by Crippen LogP contribution is 2.21. The van der Waals surface area contributed by atoms with Gasteiger partial charge in [-0.1, -0.05) is 61.9 Å². The highest BCUT2D eigenvalue weighted by Gasteiger charge is 2.27. The van der Waals surface area contributed by atoms with Gasteiger partial charge in [-0.25, -0.2) is 0 Å². The lowest BCUT2D eigenvalue weighted by atomic mass is 10.1. The van der Waals surface area contributed by atoms with Gasteiger partial charge in [0, 0.05) is 0 Å². The summed E-state index contributed by atoms with van der Waals surface area (Å²) in [6.07, 6.45) is 0.214. The van der Waals surface area contributed by atoms with Crippen LogP contribution in [-0.2, 0) is 12.8 Å². The molecule has 0 aliphatic carbocycles. The van der Waals surface area contributed by atoms with Gasteiger partial charge in [-0.2, -0.15) is 23.4 Å². The third kappa shape index (κ3) is 6.36. The van der Waals surface area contributed by atoms with Gasteiger partial charge in [-0.3, -0.25) is 0 Å². The molecule has 0 N–H and O–H groups in total. The predicted molar refractivity (Wildman–Crippen MR) is 91.8 cm³/mol. The maximum absolute atomic E-state index is 12.3. The summed E-state index contributed by atoms with van der Waals surface area (Å²) in [5.74, 6) is 0. The molecule has 2 nitrogen and oxygen atoms in total. The van der Waals surface area contributed by atoms with Crippen molar-refractivity contribution in [3.8, 4) is 0 Å².